The van der Waals surface area contributed by atoms with Crippen LogP contribution in [0.1, 0.15) is 42.6 Å². The van der Waals surface area contributed by atoms with Gasteiger partial charge in [0.05, 0.1) is 19.3 Å². The number of rotatable bonds is 9. The summed E-state index contributed by atoms with van der Waals surface area (Å²) in [6.45, 7) is 0.613. The van der Waals surface area contributed by atoms with Crippen LogP contribution in [0.3, 0.4) is 0 Å². The monoisotopic (exact) mass is 572 g/mol. The van der Waals surface area contributed by atoms with Crippen LogP contribution in [0.25, 0.3) is 10.9 Å². The molecule has 40 heavy (non-hydrogen) atoms. The van der Waals surface area contributed by atoms with Crippen molar-refractivity contribution in [1.29, 1.82) is 0 Å². The summed E-state index contributed by atoms with van der Waals surface area (Å²) in [6.07, 6.45) is 1.24. The van der Waals surface area contributed by atoms with Crippen molar-refractivity contribution < 1.29 is 35.8 Å². The highest BCUT2D eigenvalue weighted by atomic mass is 19.3. The van der Waals surface area contributed by atoms with Crippen LogP contribution in [-0.4, -0.2) is 77.4 Å². The Morgan fingerprint density at radius 3 is 2.42 bits per heavy atom. The van der Waals surface area contributed by atoms with Gasteiger partial charge in [0.25, 0.3) is 5.92 Å². The van der Waals surface area contributed by atoms with Gasteiger partial charge in [0, 0.05) is 65.6 Å². The van der Waals surface area contributed by atoms with Gasteiger partial charge < -0.3 is 20.3 Å². The smallest absolute Gasteiger partial charge is 0.283 e. The SMILES string of the molecule is C[C@@H]1Cc2c([nH]c3cc(F)c(F)cc23)[C@@H](c2c(F)cc(NC3CCN(CCCF)C3)cc2F)N1CC(F)(F)CO. The molecular formula is C28H31F7N4O. The maximum Gasteiger partial charge on any atom is 0.283 e. The van der Waals surface area contributed by atoms with Crippen LogP contribution in [0.4, 0.5) is 36.4 Å². The molecule has 1 unspecified atom stereocenters. The molecule has 5 nitrogen and oxygen atoms in total. The Kier molecular flexibility index (Phi) is 8.04. The zero-order valence-electron chi connectivity index (χ0n) is 21.9. The van der Waals surface area contributed by atoms with E-state index in [1.807, 2.05) is 0 Å². The van der Waals surface area contributed by atoms with Crippen molar-refractivity contribution in [1.82, 2.24) is 14.8 Å². The molecular weight excluding hydrogens is 541 g/mol. The molecule has 0 bridgehead atoms. The standard InChI is InChI=1S/C28H31F7N4O/c1-15-7-19-18-10-20(30)21(31)11-24(18)37-26(19)27(39(15)13-28(34,35)14-40)25-22(32)8-17(9-23(25)33)36-16-3-6-38(12-16)5-2-4-29/h8-11,15-16,27,36-37,40H,2-7,12-14H2,1H3/t15-,16?,27-/m1/s1. The number of anilines is 1. The van der Waals surface area contributed by atoms with Crippen molar-refractivity contribution in [3.05, 3.63) is 64.4 Å². The molecule has 0 aliphatic carbocycles. The zero-order valence-corrected chi connectivity index (χ0v) is 21.9. The third kappa shape index (κ3) is 5.53. The minimum atomic E-state index is -3.57. The Hall–Kier alpha value is -2.83. The van der Waals surface area contributed by atoms with E-state index in [1.165, 1.54) is 4.90 Å². The molecule has 0 radical (unpaired) electrons. The molecule has 0 saturated carbocycles. The number of aromatic nitrogens is 1. The number of alkyl halides is 3. The van der Waals surface area contributed by atoms with Crippen molar-refractivity contribution in [2.45, 2.75) is 50.2 Å². The van der Waals surface area contributed by atoms with Crippen LogP contribution < -0.4 is 5.32 Å². The number of hydrogen-bond acceptors (Lipinski definition) is 4. The summed E-state index contributed by atoms with van der Waals surface area (Å²) in [7, 11) is 0. The number of aliphatic hydroxyl groups is 1. The molecule has 2 aliphatic rings. The number of nitrogens with one attached hydrogen (secondary N) is 2. The average molecular weight is 573 g/mol. The van der Waals surface area contributed by atoms with E-state index in [0.717, 1.165) is 30.8 Å². The fourth-order valence-corrected chi connectivity index (χ4v) is 6.03. The lowest BCUT2D eigenvalue weighted by atomic mass is 9.87. The fourth-order valence-electron chi connectivity index (χ4n) is 6.03. The highest BCUT2D eigenvalue weighted by Gasteiger charge is 2.43. The van der Waals surface area contributed by atoms with E-state index in [4.69, 9.17) is 0 Å². The predicted octanol–water partition coefficient (Wildman–Crippen LogP) is 5.53. The maximum atomic E-state index is 15.8. The third-order valence-electron chi connectivity index (χ3n) is 7.90. The molecule has 2 aliphatic heterocycles. The lowest BCUT2D eigenvalue weighted by Crippen LogP contribution is -2.49. The first-order valence-corrected chi connectivity index (χ1v) is 13.3. The Labute approximate surface area is 226 Å². The van der Waals surface area contributed by atoms with E-state index in [2.05, 4.69) is 15.2 Å². The normalized spacial score (nSPS) is 22.3. The molecule has 3 N–H and O–H groups in total. The van der Waals surface area contributed by atoms with Crippen molar-refractivity contribution in [2.75, 3.05) is 44.8 Å². The van der Waals surface area contributed by atoms with Crippen LogP contribution >= 0.6 is 0 Å². The van der Waals surface area contributed by atoms with E-state index < -0.39 is 66.7 Å². The lowest BCUT2D eigenvalue weighted by molar-refractivity contribution is -0.0869. The zero-order chi connectivity index (χ0) is 28.8. The van der Waals surface area contributed by atoms with Crippen LogP contribution in [0, 0.1) is 23.3 Å². The summed E-state index contributed by atoms with van der Waals surface area (Å²) in [5, 5.41) is 12.6. The molecule has 3 heterocycles. The number of benzene rings is 2. The number of fused-ring (bicyclic) bond motifs is 3. The predicted molar refractivity (Wildman–Crippen MR) is 137 cm³/mol. The number of halogens is 7. The molecule has 0 amide bonds. The second-order valence-electron chi connectivity index (χ2n) is 10.8. The first-order valence-electron chi connectivity index (χ1n) is 13.3. The fraction of sp³-hybridized carbons (Fsp3) is 0.500. The quantitative estimate of drug-likeness (QED) is 0.295. The third-order valence-corrected chi connectivity index (χ3v) is 7.90. The number of nitrogens with zero attached hydrogens (tertiary/aromatic N) is 2. The molecule has 3 aromatic rings. The van der Waals surface area contributed by atoms with Crippen molar-refractivity contribution >= 4 is 16.6 Å². The van der Waals surface area contributed by atoms with Gasteiger partial charge in [-0.15, -0.1) is 0 Å². The summed E-state index contributed by atoms with van der Waals surface area (Å²) < 4.78 is 101. The summed E-state index contributed by atoms with van der Waals surface area (Å²) in [4.78, 5) is 6.16. The average Bonchev–Trinajstić information content (AvgIpc) is 3.48. The first kappa shape index (κ1) is 28.7. The largest absolute Gasteiger partial charge is 0.390 e. The van der Waals surface area contributed by atoms with Crippen molar-refractivity contribution in [2.24, 2.45) is 0 Å². The number of H-pyrrole nitrogens is 1. The molecule has 0 spiro atoms. The number of aliphatic hydroxyl groups excluding tert-OH is 1. The lowest BCUT2D eigenvalue weighted by Gasteiger charge is -2.42. The molecule has 12 heteroatoms. The van der Waals surface area contributed by atoms with Gasteiger partial charge in [-0.3, -0.25) is 9.29 Å². The van der Waals surface area contributed by atoms with Gasteiger partial charge in [-0.2, -0.15) is 0 Å². The molecule has 1 fully saturated rings. The highest BCUT2D eigenvalue weighted by molar-refractivity contribution is 5.85. The van der Waals surface area contributed by atoms with Crippen LogP contribution in [0.15, 0.2) is 24.3 Å². The highest BCUT2D eigenvalue weighted by Crippen LogP contribution is 2.44. The van der Waals surface area contributed by atoms with E-state index in [-0.39, 0.29) is 29.4 Å². The van der Waals surface area contributed by atoms with Gasteiger partial charge in [-0.1, -0.05) is 0 Å². The van der Waals surface area contributed by atoms with Gasteiger partial charge in [0.1, 0.15) is 18.2 Å². The summed E-state index contributed by atoms with van der Waals surface area (Å²) in [5.41, 5.74) is 0.471. The molecule has 2 aromatic carbocycles. The Bertz CT molecular complexity index is 1360. The second-order valence-corrected chi connectivity index (χ2v) is 10.8. The van der Waals surface area contributed by atoms with E-state index in [0.29, 0.717) is 36.9 Å². The van der Waals surface area contributed by atoms with Crippen LogP contribution in [-0.2, 0) is 6.42 Å². The molecule has 3 atom stereocenters. The van der Waals surface area contributed by atoms with Gasteiger partial charge in [0.2, 0.25) is 0 Å². The van der Waals surface area contributed by atoms with Gasteiger partial charge in [0.15, 0.2) is 11.6 Å². The summed E-state index contributed by atoms with van der Waals surface area (Å²) >= 11 is 0. The minimum Gasteiger partial charge on any atom is -0.390 e. The van der Waals surface area contributed by atoms with Gasteiger partial charge in [-0.25, -0.2) is 26.3 Å². The maximum absolute atomic E-state index is 15.8. The van der Waals surface area contributed by atoms with Crippen molar-refractivity contribution in [3.8, 4) is 0 Å². The van der Waals surface area contributed by atoms with Gasteiger partial charge >= 0.3 is 0 Å². The number of hydrogen-bond donors (Lipinski definition) is 3. The summed E-state index contributed by atoms with van der Waals surface area (Å²) in [5.74, 6) is -7.75. The molecule has 218 valence electrons. The Morgan fingerprint density at radius 1 is 1.05 bits per heavy atom. The van der Waals surface area contributed by atoms with Crippen molar-refractivity contribution in [3.63, 3.8) is 0 Å². The molecule has 1 aromatic heterocycles. The van der Waals surface area contributed by atoms with E-state index >= 15 is 8.78 Å². The van der Waals surface area contributed by atoms with Crippen LogP contribution in [0.2, 0.25) is 0 Å². The Morgan fingerprint density at radius 2 is 1.75 bits per heavy atom. The topological polar surface area (TPSA) is 54.5 Å². The molecule has 5 rings (SSSR count). The first-order chi connectivity index (χ1) is 19.0. The minimum absolute atomic E-state index is 0.108. The number of likely N-dealkylation sites (tertiary alicyclic amines) is 1. The molecule has 1 saturated heterocycles. The van der Waals surface area contributed by atoms with E-state index in [9.17, 15) is 27.1 Å². The second kappa shape index (κ2) is 11.2. The number of aromatic amines is 1. The van der Waals surface area contributed by atoms with E-state index in [1.54, 1.807) is 6.92 Å². The van der Waals surface area contributed by atoms with Crippen LogP contribution in [0.5, 0.6) is 0 Å². The summed E-state index contributed by atoms with van der Waals surface area (Å²) in [6, 6.07) is 1.94. The Balaban J connectivity index is 1.54. The van der Waals surface area contributed by atoms with Gasteiger partial charge in [-0.05, 0) is 49.9 Å².